The minimum absolute atomic E-state index is 0.209. The molecule has 11 heteroatoms. The molecular weight excluding hydrogens is 456 g/mol. The van der Waals surface area contributed by atoms with Gasteiger partial charge in [0.15, 0.2) is 0 Å². The molecule has 1 fully saturated rings. The van der Waals surface area contributed by atoms with Gasteiger partial charge in [-0.3, -0.25) is 9.59 Å². The van der Waals surface area contributed by atoms with E-state index >= 15 is 0 Å². The second kappa shape index (κ2) is 9.46. The van der Waals surface area contributed by atoms with Gasteiger partial charge >= 0.3 is 0 Å². The fourth-order valence-corrected chi connectivity index (χ4v) is 5.79. The van der Waals surface area contributed by atoms with Crippen molar-refractivity contribution in [2.45, 2.75) is 26.8 Å². The molecule has 2 rings (SSSR count). The maximum absolute atomic E-state index is 12.6. The monoisotopic (exact) mass is 480 g/mol. The van der Waals surface area contributed by atoms with Crippen LogP contribution in [0, 0.1) is 0 Å². The zero-order valence-electron chi connectivity index (χ0n) is 15.6. The molecule has 8 nitrogen and oxygen atoms in total. The Morgan fingerprint density at radius 2 is 1.81 bits per heavy atom. The summed E-state index contributed by atoms with van der Waals surface area (Å²) < 4.78 is 28.8. The first kappa shape index (κ1) is 22.3. The van der Waals surface area contributed by atoms with Gasteiger partial charge in [0.05, 0.1) is 8.66 Å². The number of carbonyl (C=O) groups is 2. The average molecular weight is 481 g/mol. The molecule has 0 aliphatic carbocycles. The Balaban J connectivity index is 1.91. The van der Waals surface area contributed by atoms with Gasteiger partial charge in [-0.2, -0.15) is 17.0 Å². The molecule has 1 saturated heterocycles. The third kappa shape index (κ3) is 5.29. The average Bonchev–Trinajstić information content (AvgIpc) is 3.08. The van der Waals surface area contributed by atoms with E-state index in [0.717, 1.165) is 3.79 Å². The van der Waals surface area contributed by atoms with E-state index in [-0.39, 0.29) is 24.9 Å². The highest BCUT2D eigenvalue weighted by Crippen LogP contribution is 2.22. The van der Waals surface area contributed by atoms with E-state index in [1.165, 1.54) is 19.9 Å². The highest BCUT2D eigenvalue weighted by atomic mass is 79.9. The number of rotatable bonds is 7. The van der Waals surface area contributed by atoms with E-state index < -0.39 is 16.3 Å². The standard InChI is InChI=1S/C16H25BrN4O4S2/c1-4-20(5-2)27(24,25)21-10-8-19(9-11-21)16(23)12(3)18-15(22)13-6-7-14(17)26-13/h6-7,12H,4-5,8-11H2,1-3H3,(H,18,22). The van der Waals surface area contributed by atoms with Gasteiger partial charge in [-0.1, -0.05) is 13.8 Å². The van der Waals surface area contributed by atoms with Crippen molar-refractivity contribution in [3.8, 4) is 0 Å². The Morgan fingerprint density at radius 3 is 2.30 bits per heavy atom. The van der Waals surface area contributed by atoms with E-state index in [4.69, 9.17) is 0 Å². The van der Waals surface area contributed by atoms with E-state index in [0.29, 0.717) is 31.1 Å². The van der Waals surface area contributed by atoms with E-state index in [9.17, 15) is 18.0 Å². The Hall–Kier alpha value is -1.01. The molecule has 0 spiro atoms. The number of piperazine rings is 1. The zero-order chi connectivity index (χ0) is 20.2. The van der Waals surface area contributed by atoms with Gasteiger partial charge in [0, 0.05) is 39.3 Å². The first-order valence-corrected chi connectivity index (χ1v) is 11.8. The summed E-state index contributed by atoms with van der Waals surface area (Å²) in [5, 5.41) is 2.70. The second-order valence-corrected chi connectivity index (χ2v) is 10.5. The second-order valence-electron chi connectivity index (χ2n) is 6.12. The lowest BCUT2D eigenvalue weighted by molar-refractivity contribution is -0.134. The molecule has 0 radical (unpaired) electrons. The molecule has 27 heavy (non-hydrogen) atoms. The van der Waals surface area contributed by atoms with Crippen LogP contribution in [0.5, 0.6) is 0 Å². The van der Waals surface area contributed by atoms with Crippen LogP contribution in [-0.4, -0.2) is 79.1 Å². The Bertz CT molecular complexity index is 771. The SMILES string of the molecule is CCN(CC)S(=O)(=O)N1CCN(C(=O)C(C)NC(=O)c2ccc(Br)s2)CC1. The van der Waals surface area contributed by atoms with Crippen LogP contribution in [0.15, 0.2) is 15.9 Å². The van der Waals surface area contributed by atoms with Crippen molar-refractivity contribution < 1.29 is 18.0 Å². The quantitative estimate of drug-likeness (QED) is 0.637. The van der Waals surface area contributed by atoms with Crippen LogP contribution in [0.1, 0.15) is 30.4 Å². The predicted octanol–water partition coefficient (Wildman–Crippen LogP) is 1.36. The van der Waals surface area contributed by atoms with Crippen molar-refractivity contribution in [2.75, 3.05) is 39.3 Å². The molecule has 1 aromatic heterocycles. The van der Waals surface area contributed by atoms with Crippen molar-refractivity contribution in [3.63, 3.8) is 0 Å². The van der Waals surface area contributed by atoms with Gasteiger partial charge in [-0.25, -0.2) is 0 Å². The van der Waals surface area contributed by atoms with E-state index in [2.05, 4.69) is 21.2 Å². The van der Waals surface area contributed by atoms with Crippen molar-refractivity contribution in [1.29, 1.82) is 0 Å². The maximum atomic E-state index is 12.6. The summed E-state index contributed by atoms with van der Waals surface area (Å²) in [5.41, 5.74) is 0. The molecule has 2 heterocycles. The Kier molecular flexibility index (Phi) is 7.81. The van der Waals surface area contributed by atoms with Gasteiger partial charge in [0.25, 0.3) is 16.1 Å². The molecule has 1 aromatic rings. The lowest BCUT2D eigenvalue weighted by atomic mass is 10.2. The predicted molar refractivity (Wildman–Crippen MR) is 109 cm³/mol. The smallest absolute Gasteiger partial charge is 0.282 e. The lowest BCUT2D eigenvalue weighted by Gasteiger charge is -2.37. The highest BCUT2D eigenvalue weighted by Gasteiger charge is 2.33. The van der Waals surface area contributed by atoms with Crippen LogP contribution in [0.25, 0.3) is 0 Å². The largest absolute Gasteiger partial charge is 0.340 e. The zero-order valence-corrected chi connectivity index (χ0v) is 18.9. The molecule has 1 unspecified atom stereocenters. The van der Waals surface area contributed by atoms with Crippen LogP contribution in [0.4, 0.5) is 0 Å². The van der Waals surface area contributed by atoms with E-state index in [1.54, 1.807) is 37.8 Å². The number of halogens is 1. The summed E-state index contributed by atoms with van der Waals surface area (Å²) in [4.78, 5) is 26.9. The van der Waals surface area contributed by atoms with Gasteiger partial charge in [-0.05, 0) is 35.0 Å². The fourth-order valence-electron chi connectivity index (χ4n) is 2.89. The fraction of sp³-hybridized carbons (Fsp3) is 0.625. The molecule has 1 N–H and O–H groups in total. The summed E-state index contributed by atoms with van der Waals surface area (Å²) in [5.74, 6) is -0.506. The Morgan fingerprint density at radius 1 is 1.22 bits per heavy atom. The molecule has 1 aliphatic heterocycles. The van der Waals surface area contributed by atoms with Crippen LogP contribution in [0.2, 0.25) is 0 Å². The van der Waals surface area contributed by atoms with Crippen LogP contribution < -0.4 is 5.32 Å². The molecule has 152 valence electrons. The molecule has 1 aliphatic rings. The van der Waals surface area contributed by atoms with Crippen LogP contribution in [0.3, 0.4) is 0 Å². The van der Waals surface area contributed by atoms with Crippen LogP contribution >= 0.6 is 27.3 Å². The molecule has 0 bridgehead atoms. The highest BCUT2D eigenvalue weighted by molar-refractivity contribution is 9.11. The third-order valence-corrected chi connectivity index (χ3v) is 8.23. The maximum Gasteiger partial charge on any atom is 0.282 e. The van der Waals surface area contributed by atoms with Gasteiger partial charge in [0.2, 0.25) is 5.91 Å². The minimum atomic E-state index is -3.49. The van der Waals surface area contributed by atoms with Gasteiger partial charge in [0.1, 0.15) is 6.04 Å². The first-order chi connectivity index (χ1) is 12.7. The number of carbonyl (C=O) groups excluding carboxylic acids is 2. The number of hydrogen-bond acceptors (Lipinski definition) is 5. The van der Waals surface area contributed by atoms with Crippen molar-refractivity contribution in [3.05, 3.63) is 20.8 Å². The lowest BCUT2D eigenvalue weighted by Crippen LogP contribution is -2.57. The number of amides is 2. The molecule has 0 saturated carbocycles. The molecule has 0 aromatic carbocycles. The topological polar surface area (TPSA) is 90.0 Å². The Labute approximate surface area is 172 Å². The molecule has 2 amide bonds. The summed E-state index contributed by atoms with van der Waals surface area (Å²) in [7, 11) is -3.49. The molecular formula is C16H25BrN4O4S2. The summed E-state index contributed by atoms with van der Waals surface area (Å²) in [6.07, 6.45) is 0. The van der Waals surface area contributed by atoms with E-state index in [1.807, 2.05) is 0 Å². The molecule has 1 atom stereocenters. The van der Waals surface area contributed by atoms with Crippen LogP contribution in [-0.2, 0) is 15.0 Å². The van der Waals surface area contributed by atoms with Gasteiger partial charge < -0.3 is 10.2 Å². The number of thiophene rings is 1. The first-order valence-electron chi connectivity index (χ1n) is 8.80. The summed E-state index contributed by atoms with van der Waals surface area (Å²) in [6, 6.07) is 2.80. The van der Waals surface area contributed by atoms with Gasteiger partial charge in [-0.15, -0.1) is 11.3 Å². The summed E-state index contributed by atoms with van der Waals surface area (Å²) in [6.45, 7) is 7.21. The third-order valence-electron chi connectivity index (χ3n) is 4.42. The van der Waals surface area contributed by atoms with Crippen molar-refractivity contribution >= 4 is 49.3 Å². The number of nitrogens with one attached hydrogen (secondary N) is 1. The summed E-state index contributed by atoms with van der Waals surface area (Å²) >= 11 is 4.60. The number of nitrogens with zero attached hydrogens (tertiary/aromatic N) is 3. The normalized spacial score (nSPS) is 17.1. The van der Waals surface area contributed by atoms with Crippen molar-refractivity contribution in [2.24, 2.45) is 0 Å². The van der Waals surface area contributed by atoms with Crippen molar-refractivity contribution in [1.82, 2.24) is 18.8 Å². The number of hydrogen-bond donors (Lipinski definition) is 1. The minimum Gasteiger partial charge on any atom is -0.340 e.